The van der Waals surface area contributed by atoms with Gasteiger partial charge in [0.05, 0.1) is 10.7 Å². The van der Waals surface area contributed by atoms with E-state index in [1.54, 1.807) is 30.5 Å². The molecule has 126 valence electrons. The minimum atomic E-state index is 0.233. The molecule has 0 fully saturated rings. The van der Waals surface area contributed by atoms with E-state index in [1.165, 1.54) is 0 Å². The highest BCUT2D eigenvalue weighted by Gasteiger charge is 2.13. The Bertz CT molecular complexity index is 936. The van der Waals surface area contributed by atoms with Crippen molar-refractivity contribution in [2.45, 2.75) is 0 Å². The first kappa shape index (κ1) is 15.8. The zero-order chi connectivity index (χ0) is 17.2. The van der Waals surface area contributed by atoms with E-state index in [4.69, 9.17) is 32.7 Å². The number of fused-ring (bicyclic) bond motifs is 1. The van der Waals surface area contributed by atoms with Crippen LogP contribution < -0.4 is 20.1 Å². The normalized spacial score (nSPS) is 12.1. The van der Waals surface area contributed by atoms with Gasteiger partial charge in [-0.1, -0.05) is 23.2 Å². The fourth-order valence-electron chi connectivity index (χ4n) is 2.32. The van der Waals surface area contributed by atoms with Gasteiger partial charge in [-0.05, 0) is 36.4 Å². The molecule has 0 unspecified atom stereocenters. The average molecular weight is 375 g/mol. The van der Waals surface area contributed by atoms with E-state index in [1.807, 2.05) is 18.2 Å². The summed E-state index contributed by atoms with van der Waals surface area (Å²) in [7, 11) is 0. The van der Waals surface area contributed by atoms with Gasteiger partial charge in [0.25, 0.3) is 0 Å². The van der Waals surface area contributed by atoms with E-state index in [9.17, 15) is 0 Å². The summed E-state index contributed by atoms with van der Waals surface area (Å²) in [6.45, 7) is 0.233. The molecule has 0 saturated carbocycles. The third kappa shape index (κ3) is 3.55. The van der Waals surface area contributed by atoms with Crippen LogP contribution in [-0.2, 0) is 0 Å². The highest BCUT2D eigenvalue weighted by molar-refractivity contribution is 6.36. The summed E-state index contributed by atoms with van der Waals surface area (Å²) in [6.07, 6.45) is 1.65. The van der Waals surface area contributed by atoms with E-state index in [0.29, 0.717) is 33.2 Å². The number of hydrogen-bond donors (Lipinski definition) is 2. The second-order valence-corrected chi connectivity index (χ2v) is 6.05. The summed E-state index contributed by atoms with van der Waals surface area (Å²) in [4.78, 5) is 8.64. The van der Waals surface area contributed by atoms with Crippen molar-refractivity contribution in [2.24, 2.45) is 0 Å². The van der Waals surface area contributed by atoms with Crippen LogP contribution in [0, 0.1) is 0 Å². The molecular formula is C17H12Cl2N4O2. The molecule has 8 heteroatoms. The van der Waals surface area contributed by atoms with Crippen LogP contribution in [0.5, 0.6) is 11.5 Å². The summed E-state index contributed by atoms with van der Waals surface area (Å²) < 4.78 is 10.7. The molecule has 1 aliphatic heterocycles. The lowest BCUT2D eigenvalue weighted by Gasteiger charge is -2.10. The van der Waals surface area contributed by atoms with E-state index < -0.39 is 0 Å². The van der Waals surface area contributed by atoms with Crippen molar-refractivity contribution in [3.05, 3.63) is 58.7 Å². The van der Waals surface area contributed by atoms with Crippen molar-refractivity contribution in [3.63, 3.8) is 0 Å². The molecule has 0 bridgehead atoms. The molecule has 0 spiro atoms. The SMILES string of the molecule is Clc1ccc(Nc2ccnc(Nc3ccc4c(c3)OCO4)n2)c(Cl)c1. The van der Waals surface area contributed by atoms with E-state index in [-0.39, 0.29) is 6.79 Å². The zero-order valence-corrected chi connectivity index (χ0v) is 14.3. The van der Waals surface area contributed by atoms with Crippen molar-refractivity contribution >= 4 is 46.3 Å². The van der Waals surface area contributed by atoms with Gasteiger partial charge < -0.3 is 20.1 Å². The topological polar surface area (TPSA) is 68.3 Å². The second-order valence-electron chi connectivity index (χ2n) is 5.21. The third-order valence-electron chi connectivity index (χ3n) is 3.48. The Morgan fingerprint density at radius 3 is 2.68 bits per heavy atom. The number of rotatable bonds is 4. The van der Waals surface area contributed by atoms with Gasteiger partial charge >= 0.3 is 0 Å². The molecule has 0 radical (unpaired) electrons. The van der Waals surface area contributed by atoms with Crippen LogP contribution in [0.1, 0.15) is 0 Å². The minimum absolute atomic E-state index is 0.233. The maximum Gasteiger partial charge on any atom is 0.231 e. The Morgan fingerprint density at radius 2 is 1.80 bits per heavy atom. The molecule has 2 aromatic carbocycles. The molecule has 2 N–H and O–H groups in total. The standard InChI is InChI=1S/C17H12Cl2N4O2/c18-10-1-3-13(12(19)7-10)22-16-5-6-20-17(23-16)21-11-2-4-14-15(8-11)25-9-24-14/h1-8H,9H2,(H2,20,21,22,23). The minimum Gasteiger partial charge on any atom is -0.454 e. The summed E-state index contributed by atoms with van der Waals surface area (Å²) in [5.74, 6) is 2.45. The second kappa shape index (κ2) is 6.66. The Balaban J connectivity index is 1.53. The van der Waals surface area contributed by atoms with Crippen molar-refractivity contribution in [1.82, 2.24) is 9.97 Å². The summed E-state index contributed by atoms with van der Waals surface area (Å²) in [5.41, 5.74) is 1.50. The Hall–Kier alpha value is -2.70. The molecule has 0 saturated heterocycles. The summed E-state index contributed by atoms with van der Waals surface area (Å²) >= 11 is 12.1. The van der Waals surface area contributed by atoms with Crippen molar-refractivity contribution < 1.29 is 9.47 Å². The Kier molecular flexibility index (Phi) is 4.21. The molecular weight excluding hydrogens is 363 g/mol. The highest BCUT2D eigenvalue weighted by atomic mass is 35.5. The number of hydrogen-bond acceptors (Lipinski definition) is 6. The number of nitrogens with zero attached hydrogens (tertiary/aromatic N) is 2. The van der Waals surface area contributed by atoms with Crippen molar-refractivity contribution in [2.75, 3.05) is 17.4 Å². The van der Waals surface area contributed by atoms with Crippen LogP contribution >= 0.6 is 23.2 Å². The number of benzene rings is 2. The van der Waals surface area contributed by atoms with Gasteiger partial charge in [0.15, 0.2) is 11.5 Å². The molecule has 25 heavy (non-hydrogen) atoms. The maximum absolute atomic E-state index is 6.17. The third-order valence-corrected chi connectivity index (χ3v) is 4.03. The molecule has 0 amide bonds. The predicted octanol–water partition coefficient (Wildman–Crippen LogP) is 5.00. The molecule has 1 aliphatic rings. The van der Waals surface area contributed by atoms with Gasteiger partial charge in [-0.3, -0.25) is 0 Å². The van der Waals surface area contributed by atoms with Gasteiger partial charge in [-0.15, -0.1) is 0 Å². The van der Waals surface area contributed by atoms with E-state index in [2.05, 4.69) is 20.6 Å². The first-order valence-corrected chi connectivity index (χ1v) is 8.15. The first-order chi connectivity index (χ1) is 12.2. The van der Waals surface area contributed by atoms with Gasteiger partial charge in [0, 0.05) is 23.0 Å². The smallest absolute Gasteiger partial charge is 0.231 e. The van der Waals surface area contributed by atoms with Gasteiger partial charge in [0.1, 0.15) is 5.82 Å². The van der Waals surface area contributed by atoms with Crippen LogP contribution in [0.4, 0.5) is 23.1 Å². The van der Waals surface area contributed by atoms with E-state index >= 15 is 0 Å². The lowest BCUT2D eigenvalue weighted by atomic mass is 10.3. The van der Waals surface area contributed by atoms with Crippen LogP contribution in [0.25, 0.3) is 0 Å². The number of anilines is 4. The van der Waals surface area contributed by atoms with Crippen LogP contribution in [0.15, 0.2) is 48.7 Å². The quantitative estimate of drug-likeness (QED) is 0.669. The Labute approximate surface area is 153 Å². The van der Waals surface area contributed by atoms with Crippen LogP contribution in [0.2, 0.25) is 10.0 Å². The summed E-state index contributed by atoms with van der Waals surface area (Å²) in [5, 5.41) is 7.36. The highest BCUT2D eigenvalue weighted by Crippen LogP contribution is 2.35. The number of ether oxygens (including phenoxy) is 2. The molecule has 3 aromatic rings. The molecule has 4 rings (SSSR count). The maximum atomic E-state index is 6.17. The van der Waals surface area contributed by atoms with Gasteiger partial charge in [-0.2, -0.15) is 4.98 Å². The monoisotopic (exact) mass is 374 g/mol. The molecule has 0 aliphatic carbocycles. The number of halogens is 2. The van der Waals surface area contributed by atoms with Crippen LogP contribution in [0.3, 0.4) is 0 Å². The van der Waals surface area contributed by atoms with Crippen molar-refractivity contribution in [1.29, 1.82) is 0 Å². The molecule has 1 aromatic heterocycles. The van der Waals surface area contributed by atoms with E-state index in [0.717, 1.165) is 11.4 Å². The zero-order valence-electron chi connectivity index (χ0n) is 12.8. The van der Waals surface area contributed by atoms with Gasteiger partial charge in [0.2, 0.25) is 12.7 Å². The molecule has 2 heterocycles. The summed E-state index contributed by atoms with van der Waals surface area (Å²) in [6, 6.07) is 12.5. The Morgan fingerprint density at radius 1 is 0.920 bits per heavy atom. The van der Waals surface area contributed by atoms with Gasteiger partial charge in [-0.25, -0.2) is 4.98 Å². The molecule has 6 nitrogen and oxygen atoms in total. The fraction of sp³-hybridized carbons (Fsp3) is 0.0588. The lowest BCUT2D eigenvalue weighted by Crippen LogP contribution is -2.00. The largest absolute Gasteiger partial charge is 0.454 e. The van der Waals surface area contributed by atoms with Crippen LogP contribution in [-0.4, -0.2) is 16.8 Å². The number of nitrogens with one attached hydrogen (secondary N) is 2. The van der Waals surface area contributed by atoms with Crippen molar-refractivity contribution in [3.8, 4) is 11.5 Å². The first-order valence-electron chi connectivity index (χ1n) is 7.39. The fourth-order valence-corrected chi connectivity index (χ4v) is 2.78. The molecule has 0 atom stereocenters. The lowest BCUT2D eigenvalue weighted by molar-refractivity contribution is 0.174. The average Bonchev–Trinajstić information content (AvgIpc) is 3.05. The number of aromatic nitrogens is 2. The predicted molar refractivity (Wildman–Crippen MR) is 97.6 cm³/mol.